The maximum absolute atomic E-state index is 12.7. The molecule has 1 fully saturated rings. The molecule has 1 saturated heterocycles. The second-order valence-electron chi connectivity index (χ2n) is 6.87. The highest BCUT2D eigenvalue weighted by Crippen LogP contribution is 2.23. The molecule has 1 aromatic heterocycles. The number of hydrogen-bond donors (Lipinski definition) is 1. The van der Waals surface area contributed by atoms with Crippen LogP contribution in [-0.2, 0) is 23.0 Å². The Kier molecular flexibility index (Phi) is 5.71. The molecule has 0 radical (unpaired) electrons. The van der Waals surface area contributed by atoms with E-state index in [-0.39, 0.29) is 17.9 Å². The van der Waals surface area contributed by atoms with Gasteiger partial charge in [0, 0.05) is 33.2 Å². The predicted molar refractivity (Wildman–Crippen MR) is 98.4 cm³/mol. The largest absolute Gasteiger partial charge is 0.383 e. The highest BCUT2D eigenvalue weighted by Gasteiger charge is 2.34. The van der Waals surface area contributed by atoms with E-state index in [1.807, 2.05) is 25.2 Å². The fraction of sp³-hybridized carbons (Fsp3) is 0.579. The molecule has 0 bridgehead atoms. The zero-order chi connectivity index (χ0) is 17.8. The molecular weight excluding hydrogens is 316 g/mol. The van der Waals surface area contributed by atoms with Gasteiger partial charge in [-0.2, -0.15) is 0 Å². The van der Waals surface area contributed by atoms with Crippen molar-refractivity contribution < 1.29 is 9.53 Å². The summed E-state index contributed by atoms with van der Waals surface area (Å²) in [5.41, 5.74) is 2.12. The van der Waals surface area contributed by atoms with Crippen LogP contribution < -0.4 is 5.32 Å². The Hall–Kier alpha value is -1.92. The molecule has 2 aromatic rings. The zero-order valence-corrected chi connectivity index (χ0v) is 15.4. The van der Waals surface area contributed by atoms with Gasteiger partial charge >= 0.3 is 0 Å². The molecular formula is C19H28N4O2. The molecule has 1 aromatic carbocycles. The number of methoxy groups -OCH3 is 1. The van der Waals surface area contributed by atoms with Crippen molar-refractivity contribution in [3.8, 4) is 0 Å². The normalized spacial score (nSPS) is 21.6. The van der Waals surface area contributed by atoms with Gasteiger partial charge in [0.1, 0.15) is 5.82 Å². The number of hydrogen-bond acceptors (Lipinski definition) is 4. The number of aryl methyl sites for hydroxylation is 1. The lowest BCUT2D eigenvalue weighted by Gasteiger charge is -2.37. The Morgan fingerprint density at radius 2 is 2.16 bits per heavy atom. The van der Waals surface area contributed by atoms with E-state index in [0.717, 1.165) is 42.7 Å². The van der Waals surface area contributed by atoms with Crippen LogP contribution in [0.4, 0.5) is 0 Å². The van der Waals surface area contributed by atoms with Crippen LogP contribution in [0.25, 0.3) is 11.0 Å². The standard InChI is InChI=1S/C19H28N4O2/c1-22-12-6-7-14(17(22)13-25-3)19(24)20-11-10-18-21-15-8-4-5-9-16(15)23(18)2/h4-5,8-9,14,17H,6-7,10-13H2,1-3H3,(H,20,24)/t14-,17-/m1/s1. The number of fused-ring (bicyclic) bond motifs is 1. The molecule has 1 N–H and O–H groups in total. The SMILES string of the molecule is COC[C@@H]1[C@H](C(=O)NCCc2nc3ccccc3n2C)CCCN1C. The summed E-state index contributed by atoms with van der Waals surface area (Å²) in [6.07, 6.45) is 2.71. The van der Waals surface area contributed by atoms with Crippen molar-refractivity contribution in [2.45, 2.75) is 25.3 Å². The molecule has 3 rings (SSSR count). The number of amides is 1. The average molecular weight is 344 g/mol. The summed E-state index contributed by atoms with van der Waals surface area (Å²) in [5, 5.41) is 3.11. The number of likely N-dealkylation sites (tertiary alicyclic amines) is 1. The Labute approximate surface area is 149 Å². The van der Waals surface area contributed by atoms with Gasteiger partial charge in [0.25, 0.3) is 0 Å². The minimum absolute atomic E-state index is 0.000793. The third-order valence-electron chi connectivity index (χ3n) is 5.26. The summed E-state index contributed by atoms with van der Waals surface area (Å²) < 4.78 is 7.42. The van der Waals surface area contributed by atoms with Crippen molar-refractivity contribution in [3.05, 3.63) is 30.1 Å². The van der Waals surface area contributed by atoms with E-state index in [1.165, 1.54) is 0 Å². The van der Waals surface area contributed by atoms with Gasteiger partial charge in [-0.15, -0.1) is 0 Å². The third-order valence-corrected chi connectivity index (χ3v) is 5.26. The first-order chi connectivity index (χ1) is 12.1. The number of para-hydroxylation sites is 2. The molecule has 2 atom stereocenters. The number of rotatable bonds is 6. The van der Waals surface area contributed by atoms with Crippen LogP contribution in [0.3, 0.4) is 0 Å². The molecule has 6 nitrogen and oxygen atoms in total. The highest BCUT2D eigenvalue weighted by molar-refractivity contribution is 5.79. The van der Waals surface area contributed by atoms with Gasteiger partial charge in [0.05, 0.1) is 23.6 Å². The second kappa shape index (κ2) is 7.97. The summed E-state index contributed by atoms with van der Waals surface area (Å²) in [5.74, 6) is 1.13. The number of likely N-dealkylation sites (N-methyl/N-ethyl adjacent to an activating group) is 1. The quantitative estimate of drug-likeness (QED) is 0.865. The lowest BCUT2D eigenvalue weighted by atomic mass is 9.89. The van der Waals surface area contributed by atoms with Crippen molar-refractivity contribution in [3.63, 3.8) is 0 Å². The lowest BCUT2D eigenvalue weighted by molar-refractivity contribution is -0.129. The average Bonchev–Trinajstić information content (AvgIpc) is 2.93. The molecule has 25 heavy (non-hydrogen) atoms. The zero-order valence-electron chi connectivity index (χ0n) is 15.4. The Morgan fingerprint density at radius 3 is 2.92 bits per heavy atom. The summed E-state index contributed by atoms with van der Waals surface area (Å²) in [7, 11) is 5.79. The first-order valence-corrected chi connectivity index (χ1v) is 8.99. The number of nitrogens with zero attached hydrogens (tertiary/aromatic N) is 3. The topological polar surface area (TPSA) is 59.4 Å². The molecule has 6 heteroatoms. The van der Waals surface area contributed by atoms with E-state index in [1.54, 1.807) is 7.11 Å². The fourth-order valence-electron chi connectivity index (χ4n) is 3.79. The summed E-state index contributed by atoms with van der Waals surface area (Å²) in [6, 6.07) is 8.26. The van der Waals surface area contributed by atoms with E-state index in [2.05, 4.69) is 32.9 Å². The lowest BCUT2D eigenvalue weighted by Crippen LogP contribution is -2.51. The van der Waals surface area contributed by atoms with Crippen molar-refractivity contribution in [1.82, 2.24) is 19.8 Å². The molecule has 0 unspecified atom stereocenters. The van der Waals surface area contributed by atoms with E-state index >= 15 is 0 Å². The van der Waals surface area contributed by atoms with Crippen LogP contribution in [0.5, 0.6) is 0 Å². The number of carbonyl (C=O) groups is 1. The Bertz CT molecular complexity index is 727. The van der Waals surface area contributed by atoms with Gasteiger partial charge in [-0.1, -0.05) is 12.1 Å². The van der Waals surface area contributed by atoms with Gasteiger partial charge in [-0.05, 0) is 38.6 Å². The highest BCUT2D eigenvalue weighted by atomic mass is 16.5. The van der Waals surface area contributed by atoms with Gasteiger partial charge < -0.3 is 19.5 Å². The molecule has 1 aliphatic rings. The molecule has 1 aliphatic heterocycles. The smallest absolute Gasteiger partial charge is 0.224 e. The number of aromatic nitrogens is 2. The van der Waals surface area contributed by atoms with Gasteiger partial charge in [0.2, 0.25) is 5.91 Å². The van der Waals surface area contributed by atoms with Crippen LogP contribution in [0.2, 0.25) is 0 Å². The predicted octanol–water partition coefficient (Wildman–Crippen LogP) is 1.59. The molecule has 136 valence electrons. The Balaban J connectivity index is 1.58. The van der Waals surface area contributed by atoms with E-state index < -0.39 is 0 Å². The number of piperidine rings is 1. The molecule has 1 amide bonds. The van der Waals surface area contributed by atoms with Crippen molar-refractivity contribution in [2.75, 3.05) is 33.9 Å². The van der Waals surface area contributed by atoms with Crippen molar-refractivity contribution in [2.24, 2.45) is 13.0 Å². The third kappa shape index (κ3) is 3.85. The maximum Gasteiger partial charge on any atom is 0.224 e. The molecule has 0 spiro atoms. The fourth-order valence-corrected chi connectivity index (χ4v) is 3.79. The monoisotopic (exact) mass is 344 g/mol. The minimum Gasteiger partial charge on any atom is -0.383 e. The number of imidazole rings is 1. The number of carbonyl (C=O) groups excluding carboxylic acids is 1. The van der Waals surface area contributed by atoms with Gasteiger partial charge in [-0.25, -0.2) is 4.98 Å². The van der Waals surface area contributed by atoms with Crippen LogP contribution >= 0.6 is 0 Å². The second-order valence-corrected chi connectivity index (χ2v) is 6.87. The maximum atomic E-state index is 12.7. The minimum atomic E-state index is -0.000793. The molecule has 2 heterocycles. The van der Waals surface area contributed by atoms with Crippen LogP contribution in [-0.4, -0.2) is 60.3 Å². The summed E-state index contributed by atoms with van der Waals surface area (Å²) in [6.45, 7) is 2.23. The van der Waals surface area contributed by atoms with Crippen LogP contribution in [0.15, 0.2) is 24.3 Å². The van der Waals surface area contributed by atoms with Crippen LogP contribution in [0, 0.1) is 5.92 Å². The molecule has 0 saturated carbocycles. The van der Waals surface area contributed by atoms with E-state index in [9.17, 15) is 4.79 Å². The van der Waals surface area contributed by atoms with E-state index in [4.69, 9.17) is 4.74 Å². The van der Waals surface area contributed by atoms with Gasteiger partial charge in [-0.3, -0.25) is 4.79 Å². The van der Waals surface area contributed by atoms with E-state index in [0.29, 0.717) is 13.2 Å². The number of nitrogens with one attached hydrogen (secondary N) is 1. The Morgan fingerprint density at radius 1 is 1.36 bits per heavy atom. The number of benzene rings is 1. The van der Waals surface area contributed by atoms with Crippen molar-refractivity contribution in [1.29, 1.82) is 0 Å². The number of ether oxygens (including phenoxy) is 1. The summed E-state index contributed by atoms with van der Waals surface area (Å²) in [4.78, 5) is 19.6. The van der Waals surface area contributed by atoms with Gasteiger partial charge in [0.15, 0.2) is 0 Å². The summed E-state index contributed by atoms with van der Waals surface area (Å²) >= 11 is 0. The first-order valence-electron chi connectivity index (χ1n) is 8.99. The first kappa shape index (κ1) is 17.9. The van der Waals surface area contributed by atoms with Crippen molar-refractivity contribution >= 4 is 16.9 Å². The molecule has 0 aliphatic carbocycles. The van der Waals surface area contributed by atoms with Crippen LogP contribution in [0.1, 0.15) is 18.7 Å².